The molecule has 1 heterocycles. The van der Waals surface area contributed by atoms with Crippen molar-refractivity contribution in [3.05, 3.63) is 0 Å². The van der Waals surface area contributed by atoms with Gasteiger partial charge in [-0.05, 0) is 6.92 Å². The van der Waals surface area contributed by atoms with Crippen molar-refractivity contribution in [2.75, 3.05) is 19.7 Å². The van der Waals surface area contributed by atoms with Gasteiger partial charge in [-0.25, -0.2) is 0 Å². The molecule has 1 rings (SSSR count). The second-order valence-corrected chi connectivity index (χ2v) is 3.50. The number of aliphatic hydroxyl groups excluding tert-OH is 1. The van der Waals surface area contributed by atoms with Gasteiger partial charge in [0.2, 0.25) is 0 Å². The molecule has 60 valence electrons. The number of hydrogen-bond acceptors (Lipinski definition) is 3. The quantitative estimate of drug-likeness (QED) is 0.507. The summed E-state index contributed by atoms with van der Waals surface area (Å²) >= 11 is 0. The lowest BCUT2D eigenvalue weighted by Gasteiger charge is -2.34. The fraction of sp³-hybridized carbons (Fsp3) is 1.00. The Morgan fingerprint density at radius 2 is 2.50 bits per heavy atom. The maximum Gasteiger partial charge on any atom is 0.0597 e. The van der Waals surface area contributed by atoms with Crippen molar-refractivity contribution in [2.24, 2.45) is 0 Å². The van der Waals surface area contributed by atoms with Gasteiger partial charge in [0.1, 0.15) is 0 Å². The minimum atomic E-state index is 0.234. The van der Waals surface area contributed by atoms with Crippen LogP contribution in [0.2, 0.25) is 0 Å². The van der Waals surface area contributed by atoms with E-state index in [1.807, 2.05) is 0 Å². The number of rotatable bonds is 1. The van der Waals surface area contributed by atoms with Gasteiger partial charge in [0.05, 0.1) is 6.61 Å². The van der Waals surface area contributed by atoms with Gasteiger partial charge in [0.25, 0.3) is 0 Å². The van der Waals surface area contributed by atoms with E-state index in [-0.39, 0.29) is 12.6 Å². The van der Waals surface area contributed by atoms with Gasteiger partial charge < -0.3 is 10.4 Å². The molecular weight excluding hydrogens is 147 g/mol. The largest absolute Gasteiger partial charge is 0.395 e. The van der Waals surface area contributed by atoms with Crippen LogP contribution in [0.3, 0.4) is 0 Å². The molecule has 3 nitrogen and oxygen atoms in total. The molecule has 0 spiro atoms. The zero-order chi connectivity index (χ0) is 7.56. The zero-order valence-electron chi connectivity index (χ0n) is 6.25. The molecule has 1 aliphatic heterocycles. The maximum atomic E-state index is 8.80. The lowest BCUT2D eigenvalue weighted by atomic mass is 10.2. The Balaban J connectivity index is 2.33. The van der Waals surface area contributed by atoms with Crippen molar-refractivity contribution in [1.29, 1.82) is 0 Å². The predicted octanol–water partition coefficient (Wildman–Crippen LogP) is -0.569. The first-order valence-corrected chi connectivity index (χ1v) is 4.11. The summed E-state index contributed by atoms with van der Waals surface area (Å²) in [6, 6.07) is 0.821. The molecule has 3 atom stereocenters. The molecule has 0 aromatic carbocycles. The van der Waals surface area contributed by atoms with E-state index in [1.165, 1.54) is 0 Å². The molecule has 1 aliphatic rings. The molecule has 1 fully saturated rings. The van der Waals surface area contributed by atoms with E-state index in [0.29, 0.717) is 6.04 Å². The highest BCUT2D eigenvalue weighted by Crippen LogP contribution is 2.10. The second-order valence-electron chi connectivity index (χ2n) is 2.83. The second kappa shape index (κ2) is 3.63. The smallest absolute Gasteiger partial charge is 0.0597 e. The molecule has 4 heteroatoms. The summed E-state index contributed by atoms with van der Waals surface area (Å²) in [4.78, 5) is 0. The number of nitrogens with one attached hydrogen (secondary N) is 1. The van der Waals surface area contributed by atoms with Crippen molar-refractivity contribution in [3.8, 4) is 0 Å². The van der Waals surface area contributed by atoms with Gasteiger partial charge in [-0.3, -0.25) is 4.67 Å². The van der Waals surface area contributed by atoms with E-state index < -0.39 is 0 Å². The third kappa shape index (κ3) is 1.89. The van der Waals surface area contributed by atoms with Crippen molar-refractivity contribution >= 4 is 9.39 Å². The van der Waals surface area contributed by atoms with Crippen LogP contribution >= 0.6 is 9.39 Å². The Kier molecular flexibility index (Phi) is 3.05. The highest BCUT2D eigenvalue weighted by atomic mass is 31.0. The van der Waals surface area contributed by atoms with E-state index in [2.05, 4.69) is 26.3 Å². The van der Waals surface area contributed by atoms with E-state index >= 15 is 0 Å². The molecule has 1 saturated heterocycles. The molecule has 2 N–H and O–H groups in total. The van der Waals surface area contributed by atoms with Gasteiger partial charge in [-0.15, -0.1) is 0 Å². The van der Waals surface area contributed by atoms with Crippen LogP contribution in [0.5, 0.6) is 0 Å². The standard InChI is InChI=1S/C6H15N2OP/c1-5-2-7-6(4-9)3-8(5)10/h5-7,9H,2-4,10H2,1H3. The summed E-state index contributed by atoms with van der Waals surface area (Å²) in [7, 11) is 2.68. The van der Waals surface area contributed by atoms with Crippen LogP contribution in [-0.2, 0) is 0 Å². The highest BCUT2D eigenvalue weighted by molar-refractivity contribution is 7.13. The molecule has 0 saturated carbocycles. The van der Waals surface area contributed by atoms with Crippen LogP contribution in [0.15, 0.2) is 0 Å². The SMILES string of the molecule is CC1CNC(CO)CN1P. The molecule has 0 bridgehead atoms. The summed E-state index contributed by atoms with van der Waals surface area (Å²) in [5, 5.41) is 12.0. The number of piperazine rings is 1. The Hall–Kier alpha value is 0.310. The lowest BCUT2D eigenvalue weighted by Crippen LogP contribution is -2.52. The van der Waals surface area contributed by atoms with Crippen molar-refractivity contribution in [1.82, 2.24) is 9.99 Å². The molecule has 0 amide bonds. The molecular formula is C6H15N2OP. The summed E-state index contributed by atoms with van der Waals surface area (Å²) in [6.07, 6.45) is 0. The third-order valence-electron chi connectivity index (χ3n) is 1.92. The maximum absolute atomic E-state index is 8.80. The Morgan fingerprint density at radius 1 is 1.80 bits per heavy atom. The van der Waals surface area contributed by atoms with Crippen LogP contribution in [0.1, 0.15) is 6.92 Å². The van der Waals surface area contributed by atoms with Crippen LogP contribution < -0.4 is 5.32 Å². The fourth-order valence-electron chi connectivity index (χ4n) is 1.08. The van der Waals surface area contributed by atoms with Crippen LogP contribution in [-0.4, -0.2) is 41.6 Å². The molecule has 0 aliphatic carbocycles. The Morgan fingerprint density at radius 3 is 3.00 bits per heavy atom. The molecule has 3 unspecified atom stereocenters. The highest BCUT2D eigenvalue weighted by Gasteiger charge is 2.20. The number of hydrogen-bond donors (Lipinski definition) is 2. The summed E-state index contributed by atoms with van der Waals surface area (Å²) in [5.74, 6) is 0. The predicted molar refractivity (Wildman–Crippen MR) is 44.8 cm³/mol. The number of aliphatic hydroxyl groups is 1. The van der Waals surface area contributed by atoms with Crippen molar-refractivity contribution < 1.29 is 5.11 Å². The van der Waals surface area contributed by atoms with E-state index in [0.717, 1.165) is 13.1 Å². The zero-order valence-corrected chi connectivity index (χ0v) is 7.40. The minimum Gasteiger partial charge on any atom is -0.395 e. The molecule has 10 heavy (non-hydrogen) atoms. The van der Waals surface area contributed by atoms with Gasteiger partial charge in [-0.2, -0.15) is 0 Å². The fourth-order valence-corrected chi connectivity index (χ4v) is 1.44. The van der Waals surface area contributed by atoms with E-state index in [4.69, 9.17) is 5.11 Å². The van der Waals surface area contributed by atoms with E-state index in [9.17, 15) is 0 Å². The number of nitrogens with zero attached hydrogens (tertiary/aromatic N) is 1. The Labute approximate surface area is 64.0 Å². The molecule has 0 radical (unpaired) electrons. The average molecular weight is 162 g/mol. The monoisotopic (exact) mass is 162 g/mol. The minimum absolute atomic E-state index is 0.234. The van der Waals surface area contributed by atoms with Gasteiger partial charge in [0.15, 0.2) is 0 Å². The van der Waals surface area contributed by atoms with Crippen LogP contribution in [0.25, 0.3) is 0 Å². The van der Waals surface area contributed by atoms with Crippen LogP contribution in [0.4, 0.5) is 0 Å². The first kappa shape index (κ1) is 8.41. The van der Waals surface area contributed by atoms with Gasteiger partial charge in [-0.1, -0.05) is 9.39 Å². The first-order valence-electron chi connectivity index (χ1n) is 3.59. The molecule has 0 aromatic rings. The third-order valence-corrected chi connectivity index (χ3v) is 2.64. The topological polar surface area (TPSA) is 35.5 Å². The van der Waals surface area contributed by atoms with Crippen molar-refractivity contribution in [2.45, 2.75) is 19.0 Å². The summed E-state index contributed by atoms with van der Waals surface area (Å²) in [5.41, 5.74) is 0. The first-order chi connectivity index (χ1) is 4.74. The summed E-state index contributed by atoms with van der Waals surface area (Å²) < 4.78 is 2.18. The lowest BCUT2D eigenvalue weighted by molar-refractivity contribution is 0.176. The molecule has 0 aromatic heterocycles. The average Bonchev–Trinajstić information content (AvgIpc) is 1.95. The van der Waals surface area contributed by atoms with Gasteiger partial charge >= 0.3 is 0 Å². The Bertz CT molecular complexity index is 112. The van der Waals surface area contributed by atoms with E-state index in [1.54, 1.807) is 0 Å². The normalized spacial score (nSPS) is 36.3. The van der Waals surface area contributed by atoms with Crippen LogP contribution in [0, 0.1) is 0 Å². The van der Waals surface area contributed by atoms with Crippen molar-refractivity contribution in [3.63, 3.8) is 0 Å². The summed E-state index contributed by atoms with van der Waals surface area (Å²) in [6.45, 7) is 4.28. The van der Waals surface area contributed by atoms with Gasteiger partial charge in [0, 0.05) is 25.2 Å².